The molecule has 4 aromatic rings. The lowest BCUT2D eigenvalue weighted by molar-refractivity contribution is 0.311. The topological polar surface area (TPSA) is 49.0 Å². The molecule has 2 aromatic heterocycles. The molecule has 1 N–H and O–H groups in total. The minimum Gasteiger partial charge on any atom is -0.309 e. The summed E-state index contributed by atoms with van der Waals surface area (Å²) in [6.45, 7) is 1.18. The van der Waals surface area contributed by atoms with E-state index in [2.05, 4.69) is 14.9 Å². The number of benzene rings is 2. The monoisotopic (exact) mass is 429 g/mol. The van der Waals surface area contributed by atoms with Crippen LogP contribution in [-0.4, -0.2) is 21.9 Å². The van der Waals surface area contributed by atoms with Crippen LogP contribution in [0.1, 0.15) is 11.4 Å². The van der Waals surface area contributed by atoms with Crippen molar-refractivity contribution in [1.29, 1.82) is 0 Å². The zero-order valence-electron chi connectivity index (χ0n) is 15.1. The fourth-order valence-electron chi connectivity index (χ4n) is 3.16. The van der Waals surface area contributed by atoms with Gasteiger partial charge in [0.05, 0.1) is 22.0 Å². The van der Waals surface area contributed by atoms with Gasteiger partial charge in [-0.3, -0.25) is 9.69 Å². The van der Waals surface area contributed by atoms with Crippen LogP contribution in [-0.2, 0) is 13.1 Å². The Labute approximate surface area is 176 Å². The number of thiophene rings is 1. The van der Waals surface area contributed by atoms with E-state index < -0.39 is 0 Å². The summed E-state index contributed by atoms with van der Waals surface area (Å²) in [5, 5.41) is 3.71. The van der Waals surface area contributed by atoms with Crippen molar-refractivity contribution in [2.45, 2.75) is 13.1 Å². The Morgan fingerprint density at radius 2 is 1.86 bits per heavy atom. The molecule has 0 aliphatic rings. The number of nitrogens with zero attached hydrogens (tertiary/aromatic N) is 2. The summed E-state index contributed by atoms with van der Waals surface area (Å²) in [4.78, 5) is 23.2. The molecular weight excluding hydrogens is 413 g/mol. The van der Waals surface area contributed by atoms with Gasteiger partial charge in [-0.25, -0.2) is 4.98 Å². The highest BCUT2D eigenvalue weighted by Gasteiger charge is 2.14. The SMILES string of the molecule is CN(Cc1ccc(Cl)c(Cl)c1)Cc1nc2scc(-c3ccccc3)c2c(=O)[nH]1. The van der Waals surface area contributed by atoms with Gasteiger partial charge in [-0.1, -0.05) is 59.6 Å². The number of halogens is 2. The van der Waals surface area contributed by atoms with E-state index in [9.17, 15) is 4.79 Å². The maximum Gasteiger partial charge on any atom is 0.260 e. The molecule has 0 saturated carbocycles. The summed E-state index contributed by atoms with van der Waals surface area (Å²) in [7, 11) is 1.97. The second-order valence-electron chi connectivity index (χ2n) is 6.63. The molecule has 0 atom stereocenters. The molecule has 0 bridgehead atoms. The highest BCUT2D eigenvalue weighted by molar-refractivity contribution is 7.17. The van der Waals surface area contributed by atoms with Crippen molar-refractivity contribution in [2.24, 2.45) is 0 Å². The Kier molecular flexibility index (Phi) is 5.51. The third-order valence-electron chi connectivity index (χ3n) is 4.43. The van der Waals surface area contributed by atoms with E-state index in [1.165, 1.54) is 11.3 Å². The van der Waals surface area contributed by atoms with Gasteiger partial charge in [0.15, 0.2) is 0 Å². The number of H-pyrrole nitrogens is 1. The zero-order valence-corrected chi connectivity index (χ0v) is 17.4. The first-order chi connectivity index (χ1) is 13.5. The second-order valence-corrected chi connectivity index (χ2v) is 8.30. The van der Waals surface area contributed by atoms with E-state index in [0.29, 0.717) is 34.3 Å². The molecule has 4 nitrogen and oxygen atoms in total. The molecule has 0 spiro atoms. The maximum absolute atomic E-state index is 12.7. The van der Waals surface area contributed by atoms with Crippen LogP contribution < -0.4 is 5.56 Å². The predicted molar refractivity (Wildman–Crippen MR) is 117 cm³/mol. The molecule has 0 aliphatic carbocycles. The largest absolute Gasteiger partial charge is 0.309 e. The fourth-order valence-corrected chi connectivity index (χ4v) is 4.45. The van der Waals surface area contributed by atoms with E-state index in [4.69, 9.17) is 23.2 Å². The molecular formula is C21H17Cl2N3OS. The number of nitrogens with one attached hydrogen (secondary N) is 1. The third kappa shape index (κ3) is 3.98. The minimum absolute atomic E-state index is 0.108. The van der Waals surface area contributed by atoms with Crippen LogP contribution in [0.2, 0.25) is 10.0 Å². The third-order valence-corrected chi connectivity index (χ3v) is 6.05. The van der Waals surface area contributed by atoms with Gasteiger partial charge in [-0.15, -0.1) is 11.3 Å². The Bertz CT molecular complexity index is 1190. The van der Waals surface area contributed by atoms with E-state index in [1.807, 2.05) is 54.9 Å². The Morgan fingerprint density at radius 3 is 2.61 bits per heavy atom. The van der Waals surface area contributed by atoms with Crippen molar-refractivity contribution < 1.29 is 0 Å². The van der Waals surface area contributed by atoms with Crippen LogP contribution in [0.25, 0.3) is 21.3 Å². The lowest BCUT2D eigenvalue weighted by Gasteiger charge is -2.16. The van der Waals surface area contributed by atoms with Gasteiger partial charge in [0.1, 0.15) is 10.7 Å². The highest BCUT2D eigenvalue weighted by Crippen LogP contribution is 2.30. The maximum atomic E-state index is 12.7. The second kappa shape index (κ2) is 8.05. The molecule has 0 unspecified atom stereocenters. The van der Waals surface area contributed by atoms with Crippen molar-refractivity contribution in [3.8, 4) is 11.1 Å². The van der Waals surface area contributed by atoms with Gasteiger partial charge in [0.2, 0.25) is 0 Å². The van der Waals surface area contributed by atoms with E-state index >= 15 is 0 Å². The molecule has 2 aromatic carbocycles. The molecule has 0 aliphatic heterocycles. The van der Waals surface area contributed by atoms with Crippen LogP contribution in [0.3, 0.4) is 0 Å². The number of fused-ring (bicyclic) bond motifs is 1. The number of hydrogen-bond acceptors (Lipinski definition) is 4. The van der Waals surface area contributed by atoms with E-state index in [0.717, 1.165) is 21.5 Å². The summed E-state index contributed by atoms with van der Waals surface area (Å²) in [6.07, 6.45) is 0. The van der Waals surface area contributed by atoms with Gasteiger partial charge >= 0.3 is 0 Å². The highest BCUT2D eigenvalue weighted by atomic mass is 35.5. The predicted octanol–water partition coefficient (Wildman–Crippen LogP) is 5.59. The lowest BCUT2D eigenvalue weighted by Crippen LogP contribution is -2.21. The Hall–Kier alpha value is -2.18. The van der Waals surface area contributed by atoms with Crippen molar-refractivity contribution in [2.75, 3.05) is 7.05 Å². The van der Waals surface area contributed by atoms with Gasteiger partial charge in [0.25, 0.3) is 5.56 Å². The van der Waals surface area contributed by atoms with Crippen LogP contribution >= 0.6 is 34.5 Å². The first-order valence-corrected chi connectivity index (χ1v) is 10.3. The Morgan fingerprint density at radius 1 is 1.07 bits per heavy atom. The number of rotatable bonds is 5. The van der Waals surface area contributed by atoms with Crippen LogP contribution in [0.4, 0.5) is 0 Å². The molecule has 142 valence electrons. The van der Waals surface area contributed by atoms with Gasteiger partial charge in [-0.2, -0.15) is 0 Å². The molecule has 0 amide bonds. The van der Waals surface area contributed by atoms with Crippen LogP contribution in [0.5, 0.6) is 0 Å². The fraction of sp³-hybridized carbons (Fsp3) is 0.143. The summed E-state index contributed by atoms with van der Waals surface area (Å²) in [5.74, 6) is 0.640. The normalized spacial score (nSPS) is 11.4. The average molecular weight is 430 g/mol. The summed E-state index contributed by atoms with van der Waals surface area (Å²) in [6, 6.07) is 15.5. The molecule has 2 heterocycles. The minimum atomic E-state index is -0.108. The van der Waals surface area contributed by atoms with Gasteiger partial charge in [-0.05, 0) is 30.3 Å². The first-order valence-electron chi connectivity index (χ1n) is 8.69. The summed E-state index contributed by atoms with van der Waals surface area (Å²) in [5.41, 5.74) is 2.88. The summed E-state index contributed by atoms with van der Waals surface area (Å²) < 4.78 is 0. The van der Waals surface area contributed by atoms with Gasteiger partial charge in [0, 0.05) is 17.5 Å². The summed E-state index contributed by atoms with van der Waals surface area (Å²) >= 11 is 13.5. The van der Waals surface area contributed by atoms with Crippen LogP contribution in [0.15, 0.2) is 58.7 Å². The van der Waals surface area contributed by atoms with Crippen LogP contribution in [0, 0.1) is 0 Å². The van der Waals surface area contributed by atoms with Crippen molar-refractivity contribution in [1.82, 2.24) is 14.9 Å². The van der Waals surface area contributed by atoms with Crippen molar-refractivity contribution >= 4 is 44.8 Å². The molecule has 0 fully saturated rings. The Balaban J connectivity index is 1.58. The van der Waals surface area contributed by atoms with E-state index in [-0.39, 0.29) is 5.56 Å². The molecule has 4 rings (SSSR count). The van der Waals surface area contributed by atoms with Crippen molar-refractivity contribution in [3.05, 3.63) is 85.7 Å². The quantitative estimate of drug-likeness (QED) is 0.449. The molecule has 7 heteroatoms. The van der Waals surface area contributed by atoms with Gasteiger partial charge < -0.3 is 4.98 Å². The lowest BCUT2D eigenvalue weighted by atomic mass is 10.1. The average Bonchev–Trinajstić information content (AvgIpc) is 3.10. The smallest absolute Gasteiger partial charge is 0.260 e. The number of hydrogen-bond donors (Lipinski definition) is 1. The number of aromatic amines is 1. The standard InChI is InChI=1S/C21H17Cl2N3OS/c1-26(10-13-7-8-16(22)17(23)9-13)11-18-24-20(27)19-15(12-28-21(19)25-18)14-5-3-2-4-6-14/h2-9,12H,10-11H2,1H3,(H,24,25,27). The van der Waals surface area contributed by atoms with Crippen molar-refractivity contribution in [3.63, 3.8) is 0 Å². The molecule has 0 saturated heterocycles. The zero-order chi connectivity index (χ0) is 19.7. The molecule has 28 heavy (non-hydrogen) atoms. The molecule has 0 radical (unpaired) electrons. The van der Waals surface area contributed by atoms with E-state index in [1.54, 1.807) is 6.07 Å². The number of aromatic nitrogens is 2. The first kappa shape index (κ1) is 19.2.